The Bertz CT molecular complexity index is 761. The molecule has 0 spiro atoms. The minimum atomic E-state index is -1.19. The molecule has 2 heterocycles. The third kappa shape index (κ3) is 3.17. The highest BCUT2D eigenvalue weighted by Crippen LogP contribution is 2.23. The summed E-state index contributed by atoms with van der Waals surface area (Å²) in [4.78, 5) is 24.9. The van der Waals surface area contributed by atoms with E-state index in [4.69, 9.17) is 17.3 Å². The van der Waals surface area contributed by atoms with Gasteiger partial charge in [-0.25, -0.2) is 4.39 Å². The van der Waals surface area contributed by atoms with Crippen molar-refractivity contribution < 1.29 is 14.0 Å². The number of likely N-dealkylation sites (tertiary alicyclic amines) is 1. The van der Waals surface area contributed by atoms with Gasteiger partial charge in [0.15, 0.2) is 0 Å². The van der Waals surface area contributed by atoms with E-state index in [0.29, 0.717) is 11.6 Å². The summed E-state index contributed by atoms with van der Waals surface area (Å²) >= 11 is 5.95. The summed E-state index contributed by atoms with van der Waals surface area (Å²) in [7, 11) is 0. The first-order valence-corrected chi connectivity index (χ1v) is 7.81. The van der Waals surface area contributed by atoms with Gasteiger partial charge < -0.3 is 15.2 Å². The number of primary amides is 1. The Kier molecular flexibility index (Phi) is 4.26. The third-order valence-corrected chi connectivity index (χ3v) is 4.43. The second kappa shape index (κ2) is 6.20. The van der Waals surface area contributed by atoms with Gasteiger partial charge in [0.1, 0.15) is 12.2 Å². The van der Waals surface area contributed by atoms with Gasteiger partial charge in [-0.15, -0.1) is 0 Å². The molecule has 7 heteroatoms. The molecule has 23 heavy (non-hydrogen) atoms. The lowest BCUT2D eigenvalue weighted by atomic mass is 10.2. The minimum Gasteiger partial charge on any atom is -0.368 e. The van der Waals surface area contributed by atoms with Crippen molar-refractivity contribution in [2.45, 2.75) is 31.6 Å². The van der Waals surface area contributed by atoms with Crippen LogP contribution in [0, 0.1) is 0 Å². The molecule has 0 radical (unpaired) electrons. The Balaban J connectivity index is 1.69. The van der Waals surface area contributed by atoms with E-state index >= 15 is 0 Å². The molecule has 1 saturated heterocycles. The molecule has 1 aliphatic rings. The molecule has 1 aromatic heterocycles. The van der Waals surface area contributed by atoms with Crippen LogP contribution in [-0.4, -0.2) is 40.0 Å². The number of alkyl halides is 1. The molecular weight excluding hydrogens is 321 g/mol. The maximum atomic E-state index is 13.5. The van der Waals surface area contributed by atoms with Gasteiger partial charge in [0.25, 0.3) is 0 Å². The second-order valence-electron chi connectivity index (χ2n) is 5.76. The number of hydrogen-bond donors (Lipinski definition) is 1. The van der Waals surface area contributed by atoms with Gasteiger partial charge in [0.05, 0.1) is 6.54 Å². The van der Waals surface area contributed by atoms with E-state index in [1.54, 1.807) is 6.07 Å². The first-order chi connectivity index (χ1) is 11.0. The first kappa shape index (κ1) is 15.8. The number of rotatable bonds is 4. The summed E-state index contributed by atoms with van der Waals surface area (Å²) < 4.78 is 15.4. The van der Waals surface area contributed by atoms with Crippen molar-refractivity contribution >= 4 is 34.3 Å². The summed E-state index contributed by atoms with van der Waals surface area (Å²) in [5.41, 5.74) is 6.22. The van der Waals surface area contributed by atoms with Crippen LogP contribution >= 0.6 is 11.6 Å². The van der Waals surface area contributed by atoms with Gasteiger partial charge in [-0.3, -0.25) is 9.59 Å². The first-order valence-electron chi connectivity index (χ1n) is 7.43. The summed E-state index contributed by atoms with van der Waals surface area (Å²) in [6.07, 6.45) is 0.863. The van der Waals surface area contributed by atoms with Crippen molar-refractivity contribution in [3.8, 4) is 0 Å². The zero-order valence-electron chi connectivity index (χ0n) is 12.4. The van der Waals surface area contributed by atoms with Crippen LogP contribution in [0.4, 0.5) is 4.39 Å². The van der Waals surface area contributed by atoms with Crippen molar-refractivity contribution in [1.29, 1.82) is 0 Å². The second-order valence-corrected chi connectivity index (χ2v) is 6.20. The van der Waals surface area contributed by atoms with E-state index in [9.17, 15) is 14.0 Å². The predicted octanol–water partition coefficient (Wildman–Crippen LogP) is 2.11. The van der Waals surface area contributed by atoms with E-state index in [1.165, 1.54) is 4.90 Å². The molecule has 0 aliphatic carbocycles. The monoisotopic (exact) mass is 337 g/mol. The van der Waals surface area contributed by atoms with Gasteiger partial charge in [0.2, 0.25) is 11.8 Å². The molecule has 0 unspecified atom stereocenters. The fraction of sp³-hybridized carbons (Fsp3) is 0.375. The number of carbonyl (C=O) groups excluding carboxylic acids is 2. The van der Waals surface area contributed by atoms with Crippen LogP contribution in [0.25, 0.3) is 10.9 Å². The average molecular weight is 338 g/mol. The molecule has 1 aliphatic heterocycles. The Morgan fingerprint density at radius 2 is 2.13 bits per heavy atom. The summed E-state index contributed by atoms with van der Waals surface area (Å²) in [5, 5.41) is 1.65. The SMILES string of the molecule is NC(=O)[C@@H]1C[C@@H](F)CN1C(=O)CCn1ccc2cc(Cl)ccc21. The zero-order valence-corrected chi connectivity index (χ0v) is 13.2. The topological polar surface area (TPSA) is 68.3 Å². The number of aromatic nitrogens is 1. The third-order valence-electron chi connectivity index (χ3n) is 4.20. The van der Waals surface area contributed by atoms with E-state index in [-0.39, 0.29) is 25.3 Å². The van der Waals surface area contributed by atoms with E-state index in [0.717, 1.165) is 10.9 Å². The molecule has 2 N–H and O–H groups in total. The highest BCUT2D eigenvalue weighted by Gasteiger charge is 2.38. The van der Waals surface area contributed by atoms with Gasteiger partial charge >= 0.3 is 0 Å². The zero-order chi connectivity index (χ0) is 16.6. The molecule has 0 bridgehead atoms. The number of hydrogen-bond acceptors (Lipinski definition) is 2. The molecule has 2 atom stereocenters. The molecule has 1 aromatic carbocycles. The number of nitrogens with zero attached hydrogens (tertiary/aromatic N) is 2. The summed E-state index contributed by atoms with van der Waals surface area (Å²) in [6, 6.07) is 6.62. The Morgan fingerprint density at radius 3 is 2.87 bits per heavy atom. The van der Waals surface area contributed by atoms with Crippen molar-refractivity contribution in [2.24, 2.45) is 5.73 Å². The molecule has 3 rings (SSSR count). The van der Waals surface area contributed by atoms with Crippen LogP contribution in [0.5, 0.6) is 0 Å². The predicted molar refractivity (Wildman–Crippen MR) is 85.8 cm³/mol. The van der Waals surface area contributed by atoms with Crippen LogP contribution in [0.1, 0.15) is 12.8 Å². The number of halogens is 2. The van der Waals surface area contributed by atoms with Crippen molar-refractivity contribution in [3.63, 3.8) is 0 Å². The quantitative estimate of drug-likeness (QED) is 0.928. The van der Waals surface area contributed by atoms with Crippen LogP contribution in [0.15, 0.2) is 30.5 Å². The van der Waals surface area contributed by atoms with Crippen LogP contribution in [0.2, 0.25) is 5.02 Å². The van der Waals surface area contributed by atoms with Crippen LogP contribution in [0.3, 0.4) is 0 Å². The standard InChI is InChI=1S/C16H17ClFN3O2/c17-11-1-2-13-10(7-11)3-5-20(13)6-4-15(22)21-9-12(18)8-14(21)16(19)23/h1-3,5,7,12,14H,4,6,8-9H2,(H2,19,23)/t12-,14+/m1/s1. The molecular formula is C16H17ClFN3O2. The fourth-order valence-corrected chi connectivity index (χ4v) is 3.24. The number of fused-ring (bicyclic) bond motifs is 1. The molecule has 0 saturated carbocycles. The fourth-order valence-electron chi connectivity index (χ4n) is 3.06. The Morgan fingerprint density at radius 1 is 1.35 bits per heavy atom. The molecule has 2 amide bonds. The van der Waals surface area contributed by atoms with Crippen LogP contribution in [-0.2, 0) is 16.1 Å². The smallest absolute Gasteiger partial charge is 0.240 e. The van der Waals surface area contributed by atoms with Gasteiger partial charge in [-0.1, -0.05) is 11.6 Å². The molecule has 1 fully saturated rings. The maximum Gasteiger partial charge on any atom is 0.240 e. The van der Waals surface area contributed by atoms with Crippen molar-refractivity contribution in [3.05, 3.63) is 35.5 Å². The number of benzene rings is 1. The van der Waals surface area contributed by atoms with Gasteiger partial charge in [-0.05, 0) is 24.3 Å². The largest absolute Gasteiger partial charge is 0.368 e. The number of nitrogens with two attached hydrogens (primary N) is 1. The van der Waals surface area contributed by atoms with Gasteiger partial charge in [-0.2, -0.15) is 0 Å². The van der Waals surface area contributed by atoms with Crippen LogP contribution < -0.4 is 5.73 Å². The highest BCUT2D eigenvalue weighted by molar-refractivity contribution is 6.31. The lowest BCUT2D eigenvalue weighted by molar-refractivity contribution is -0.137. The number of carbonyl (C=O) groups is 2. The van der Waals surface area contributed by atoms with E-state index < -0.39 is 18.1 Å². The Hall–Kier alpha value is -2.08. The molecule has 122 valence electrons. The normalized spacial score (nSPS) is 21.0. The number of amides is 2. The van der Waals surface area contributed by atoms with Crippen molar-refractivity contribution in [1.82, 2.24) is 9.47 Å². The molecule has 5 nitrogen and oxygen atoms in total. The van der Waals surface area contributed by atoms with E-state index in [2.05, 4.69) is 0 Å². The maximum absolute atomic E-state index is 13.5. The van der Waals surface area contributed by atoms with Gasteiger partial charge in [0, 0.05) is 41.5 Å². The van der Waals surface area contributed by atoms with Crippen molar-refractivity contribution in [2.75, 3.05) is 6.54 Å². The lowest BCUT2D eigenvalue weighted by Crippen LogP contribution is -2.43. The Labute approximate surface area is 137 Å². The average Bonchev–Trinajstić information content (AvgIpc) is 3.08. The van der Waals surface area contributed by atoms with E-state index in [1.807, 2.05) is 29.0 Å². The summed E-state index contributed by atoms with van der Waals surface area (Å²) in [6.45, 7) is 0.386. The minimum absolute atomic E-state index is 0.00791. The number of aryl methyl sites for hydroxylation is 1. The highest BCUT2D eigenvalue weighted by atomic mass is 35.5. The molecule has 2 aromatic rings. The lowest BCUT2D eigenvalue weighted by Gasteiger charge is -2.22. The summed E-state index contributed by atoms with van der Waals surface area (Å²) in [5.74, 6) is -0.913.